The molecule has 0 saturated carbocycles. The second-order valence-corrected chi connectivity index (χ2v) is 15.3. The number of para-hydroxylation sites is 1. The van der Waals surface area contributed by atoms with Crippen LogP contribution in [0.3, 0.4) is 0 Å². The molecule has 0 atom stereocenters. The molecule has 0 bridgehead atoms. The first-order valence-corrected chi connectivity index (χ1v) is 18.0. The molecule has 0 fully saturated rings. The standard InChI is InChI=1S/C44H30N2S2/c1-44(2)35-25-29(16-19-31(35)33-20-23-41-43(42(33)44)48-40-15-9-8-14-39(40)47-41)28-17-22-38-34(24-28)32-12-6-7-13-37(32)46(38)30-18-21-36(45-26-30)27-10-4-3-5-11-27/h3-26H,1-2H3. The molecule has 2 aromatic heterocycles. The summed E-state index contributed by atoms with van der Waals surface area (Å²) in [6.45, 7) is 4.81. The van der Waals surface area contributed by atoms with Gasteiger partial charge in [0.25, 0.3) is 0 Å². The molecule has 0 N–H and O–H groups in total. The minimum Gasteiger partial charge on any atom is -0.308 e. The molecular weight excluding hydrogens is 621 g/mol. The Bertz CT molecular complexity index is 2580. The van der Waals surface area contributed by atoms with Gasteiger partial charge in [-0.2, -0.15) is 0 Å². The van der Waals surface area contributed by atoms with Crippen LogP contribution in [-0.2, 0) is 5.41 Å². The van der Waals surface area contributed by atoms with Gasteiger partial charge in [0.05, 0.1) is 28.6 Å². The summed E-state index contributed by atoms with van der Waals surface area (Å²) in [5, 5.41) is 2.50. The van der Waals surface area contributed by atoms with Crippen LogP contribution in [0.4, 0.5) is 0 Å². The fourth-order valence-electron chi connectivity index (χ4n) is 7.78. The van der Waals surface area contributed by atoms with E-state index >= 15 is 0 Å². The lowest BCUT2D eigenvalue weighted by molar-refractivity contribution is 0.642. The molecule has 3 heterocycles. The Labute approximate surface area is 288 Å². The zero-order valence-corrected chi connectivity index (χ0v) is 28.2. The number of hydrogen-bond acceptors (Lipinski definition) is 3. The van der Waals surface area contributed by atoms with Crippen molar-refractivity contribution >= 4 is 45.3 Å². The molecule has 0 unspecified atom stereocenters. The zero-order valence-electron chi connectivity index (χ0n) is 26.6. The van der Waals surface area contributed by atoms with E-state index in [4.69, 9.17) is 4.98 Å². The summed E-state index contributed by atoms with van der Waals surface area (Å²) < 4.78 is 2.34. The highest BCUT2D eigenvalue weighted by atomic mass is 32.2. The zero-order chi connectivity index (χ0) is 32.0. The highest BCUT2D eigenvalue weighted by molar-refractivity contribution is 8.05. The molecule has 228 valence electrons. The summed E-state index contributed by atoms with van der Waals surface area (Å²) in [7, 11) is 0. The van der Waals surface area contributed by atoms with Gasteiger partial charge in [-0.25, -0.2) is 0 Å². The van der Waals surface area contributed by atoms with E-state index < -0.39 is 0 Å². The molecule has 1 aliphatic heterocycles. The highest BCUT2D eigenvalue weighted by Gasteiger charge is 2.39. The van der Waals surface area contributed by atoms with Crippen molar-refractivity contribution in [2.24, 2.45) is 0 Å². The largest absolute Gasteiger partial charge is 0.308 e. The van der Waals surface area contributed by atoms with Crippen LogP contribution < -0.4 is 0 Å². The lowest BCUT2D eigenvalue weighted by Gasteiger charge is -2.28. The lowest BCUT2D eigenvalue weighted by atomic mass is 9.81. The summed E-state index contributed by atoms with van der Waals surface area (Å²) in [5.41, 5.74) is 13.5. The first-order chi connectivity index (χ1) is 23.5. The third kappa shape index (κ3) is 4.12. The number of benzene rings is 6. The Morgan fingerprint density at radius 1 is 0.542 bits per heavy atom. The molecule has 8 aromatic rings. The third-order valence-corrected chi connectivity index (χ3v) is 12.7. The molecular formula is C44H30N2S2. The molecule has 2 nitrogen and oxygen atoms in total. The van der Waals surface area contributed by atoms with E-state index in [0.717, 1.165) is 16.9 Å². The number of hydrogen-bond donors (Lipinski definition) is 0. The summed E-state index contributed by atoms with van der Waals surface area (Å²) in [4.78, 5) is 10.3. The average Bonchev–Trinajstić information content (AvgIpc) is 3.59. The minimum atomic E-state index is -0.106. The van der Waals surface area contributed by atoms with Crippen molar-refractivity contribution in [2.45, 2.75) is 38.8 Å². The van der Waals surface area contributed by atoms with Crippen molar-refractivity contribution in [1.82, 2.24) is 9.55 Å². The van der Waals surface area contributed by atoms with Crippen LogP contribution in [0.1, 0.15) is 25.0 Å². The summed E-state index contributed by atoms with van der Waals surface area (Å²) in [5.74, 6) is 0. The van der Waals surface area contributed by atoms with E-state index in [-0.39, 0.29) is 5.41 Å². The maximum atomic E-state index is 4.86. The van der Waals surface area contributed by atoms with Gasteiger partial charge >= 0.3 is 0 Å². The highest BCUT2D eigenvalue weighted by Crippen LogP contribution is 2.58. The third-order valence-electron chi connectivity index (χ3n) is 10.1. The van der Waals surface area contributed by atoms with Gasteiger partial charge in [-0.3, -0.25) is 4.98 Å². The average molecular weight is 651 g/mol. The number of pyridine rings is 1. The predicted molar refractivity (Wildman–Crippen MR) is 202 cm³/mol. The van der Waals surface area contributed by atoms with Gasteiger partial charge in [0, 0.05) is 41.3 Å². The summed E-state index contributed by atoms with van der Waals surface area (Å²) >= 11 is 3.84. The van der Waals surface area contributed by atoms with Crippen LogP contribution in [0, 0.1) is 0 Å². The van der Waals surface area contributed by atoms with Crippen LogP contribution in [0.2, 0.25) is 0 Å². The van der Waals surface area contributed by atoms with Crippen molar-refractivity contribution in [3.63, 3.8) is 0 Å². The van der Waals surface area contributed by atoms with Gasteiger partial charge in [0.2, 0.25) is 0 Å². The van der Waals surface area contributed by atoms with Crippen LogP contribution in [-0.4, -0.2) is 9.55 Å². The molecule has 10 rings (SSSR count). The van der Waals surface area contributed by atoms with Gasteiger partial charge < -0.3 is 4.57 Å². The minimum absolute atomic E-state index is 0.106. The Balaban J connectivity index is 1.07. The maximum Gasteiger partial charge on any atom is 0.0703 e. The van der Waals surface area contributed by atoms with E-state index in [1.54, 1.807) is 0 Å². The summed E-state index contributed by atoms with van der Waals surface area (Å²) in [6, 6.07) is 50.9. The lowest BCUT2D eigenvalue weighted by Crippen LogP contribution is -2.17. The van der Waals surface area contributed by atoms with Gasteiger partial charge in [-0.1, -0.05) is 122 Å². The topological polar surface area (TPSA) is 17.8 Å². The van der Waals surface area contributed by atoms with Gasteiger partial charge in [-0.15, -0.1) is 0 Å². The smallest absolute Gasteiger partial charge is 0.0703 e. The van der Waals surface area contributed by atoms with Crippen molar-refractivity contribution in [2.75, 3.05) is 0 Å². The quantitative estimate of drug-likeness (QED) is 0.189. The fourth-order valence-corrected chi connectivity index (χ4v) is 10.3. The predicted octanol–water partition coefficient (Wildman–Crippen LogP) is 12.4. The maximum absolute atomic E-state index is 4.86. The van der Waals surface area contributed by atoms with E-state index in [1.807, 2.05) is 35.8 Å². The van der Waals surface area contributed by atoms with Crippen LogP contribution in [0.15, 0.2) is 165 Å². The fraction of sp³-hybridized carbons (Fsp3) is 0.0682. The molecule has 0 spiro atoms. The number of aromatic nitrogens is 2. The van der Waals surface area contributed by atoms with Crippen LogP contribution >= 0.6 is 23.5 Å². The second-order valence-electron chi connectivity index (χ2n) is 13.2. The van der Waals surface area contributed by atoms with E-state index in [9.17, 15) is 0 Å². The van der Waals surface area contributed by atoms with Gasteiger partial charge in [0.1, 0.15) is 0 Å². The number of nitrogens with zero attached hydrogens (tertiary/aromatic N) is 2. The molecule has 0 saturated heterocycles. The van der Waals surface area contributed by atoms with E-state index in [2.05, 4.69) is 152 Å². The molecule has 2 aliphatic rings. The Morgan fingerprint density at radius 3 is 2.08 bits per heavy atom. The van der Waals surface area contributed by atoms with Crippen molar-refractivity contribution < 1.29 is 0 Å². The second kappa shape index (κ2) is 10.5. The summed E-state index contributed by atoms with van der Waals surface area (Å²) in [6.07, 6.45) is 2.00. The molecule has 6 aromatic carbocycles. The molecule has 48 heavy (non-hydrogen) atoms. The number of fused-ring (bicyclic) bond motifs is 9. The number of rotatable bonds is 3. The Morgan fingerprint density at radius 2 is 1.25 bits per heavy atom. The van der Waals surface area contributed by atoms with Crippen LogP contribution in [0.5, 0.6) is 0 Å². The Kier molecular flexibility index (Phi) is 6.12. The van der Waals surface area contributed by atoms with E-state index in [0.29, 0.717) is 0 Å². The molecule has 0 amide bonds. The molecule has 0 radical (unpaired) electrons. The van der Waals surface area contributed by atoms with Crippen molar-refractivity contribution in [1.29, 1.82) is 0 Å². The molecule has 4 heteroatoms. The SMILES string of the molecule is CC1(C)c2cc(-c3ccc4c(c3)c3ccccc3n4-c3ccc(-c4ccccc4)nc3)ccc2-c2ccc3c(c21)Sc1ccccc1S3. The van der Waals surface area contributed by atoms with Crippen molar-refractivity contribution in [3.8, 4) is 39.2 Å². The normalized spacial score (nSPS) is 14.0. The van der Waals surface area contributed by atoms with Gasteiger partial charge in [-0.05, 0) is 88.0 Å². The first kappa shape index (κ1) is 28.0. The first-order valence-electron chi connectivity index (χ1n) is 16.4. The van der Waals surface area contributed by atoms with Gasteiger partial charge in [0.15, 0.2) is 0 Å². The molecule has 1 aliphatic carbocycles. The van der Waals surface area contributed by atoms with Crippen LogP contribution in [0.25, 0.3) is 61.0 Å². The monoisotopic (exact) mass is 650 g/mol. The van der Waals surface area contributed by atoms with Crippen molar-refractivity contribution in [3.05, 3.63) is 157 Å². The van der Waals surface area contributed by atoms with E-state index in [1.165, 1.54) is 74.8 Å². The Hall–Kier alpha value is -5.03.